The van der Waals surface area contributed by atoms with Crippen molar-refractivity contribution in [1.29, 1.82) is 0 Å². The van der Waals surface area contributed by atoms with Crippen LogP contribution in [0, 0.1) is 6.92 Å². The van der Waals surface area contributed by atoms with E-state index in [-0.39, 0.29) is 5.69 Å². The van der Waals surface area contributed by atoms with Gasteiger partial charge in [-0.15, -0.1) is 11.8 Å². The highest BCUT2D eigenvalue weighted by molar-refractivity contribution is 8.01. The number of thioether (sulfide) groups is 1. The van der Waals surface area contributed by atoms with Crippen molar-refractivity contribution in [3.8, 4) is 33.3 Å². The summed E-state index contributed by atoms with van der Waals surface area (Å²) in [6.07, 6.45) is 0. The van der Waals surface area contributed by atoms with Crippen LogP contribution in [0.3, 0.4) is 0 Å². The topological polar surface area (TPSA) is 77.2 Å². The molecule has 34 heavy (non-hydrogen) atoms. The summed E-state index contributed by atoms with van der Waals surface area (Å²) in [5.74, 6) is -0.462. The van der Waals surface area contributed by atoms with Crippen molar-refractivity contribution in [3.63, 3.8) is 0 Å². The standard InChI is InChI=1S/C24H21Cl2N3O3S2/c1-12(2)33-23-20(15-8-9-17(25)18(26)11-15)27-24(34-23)29-21(22(30)31)19(13(3)28-29)14-6-5-7-16(10-14)32-4/h5-12H,1-4H3,(H,30,31). The molecule has 0 bridgehead atoms. The fourth-order valence-electron chi connectivity index (χ4n) is 3.49. The van der Waals surface area contributed by atoms with Gasteiger partial charge in [0.1, 0.15) is 5.75 Å². The SMILES string of the molecule is COc1cccc(-c2c(C)nn(-c3nc(-c4ccc(Cl)c(Cl)c4)c(SC(C)C)s3)c2C(=O)O)c1. The second-order valence-electron chi connectivity index (χ2n) is 7.69. The Morgan fingerprint density at radius 2 is 1.91 bits per heavy atom. The molecule has 0 atom stereocenters. The Labute approximate surface area is 215 Å². The van der Waals surface area contributed by atoms with Crippen LogP contribution in [0.15, 0.2) is 46.7 Å². The van der Waals surface area contributed by atoms with E-state index in [0.717, 1.165) is 9.77 Å². The van der Waals surface area contributed by atoms with Crippen molar-refractivity contribution in [1.82, 2.24) is 14.8 Å². The lowest BCUT2D eigenvalue weighted by Gasteiger charge is -2.06. The van der Waals surface area contributed by atoms with Gasteiger partial charge >= 0.3 is 5.97 Å². The van der Waals surface area contributed by atoms with Crippen LogP contribution in [0.4, 0.5) is 0 Å². The molecule has 4 aromatic rings. The smallest absolute Gasteiger partial charge is 0.355 e. The van der Waals surface area contributed by atoms with Crippen molar-refractivity contribution >= 4 is 52.3 Å². The molecule has 0 saturated heterocycles. The van der Waals surface area contributed by atoms with Crippen LogP contribution in [-0.2, 0) is 0 Å². The molecule has 0 unspecified atom stereocenters. The molecule has 0 aliphatic rings. The molecule has 0 fully saturated rings. The Morgan fingerprint density at radius 1 is 1.15 bits per heavy atom. The number of benzene rings is 2. The Bertz CT molecular complexity index is 1380. The number of methoxy groups -OCH3 is 1. The molecule has 1 N–H and O–H groups in total. The summed E-state index contributed by atoms with van der Waals surface area (Å²) >= 11 is 15.4. The Hall–Kier alpha value is -2.52. The Kier molecular flexibility index (Phi) is 7.23. The van der Waals surface area contributed by atoms with Crippen LogP contribution < -0.4 is 4.74 Å². The summed E-state index contributed by atoms with van der Waals surface area (Å²) in [6, 6.07) is 12.6. The molecule has 0 amide bonds. The van der Waals surface area contributed by atoms with E-state index < -0.39 is 5.97 Å². The van der Waals surface area contributed by atoms with E-state index >= 15 is 0 Å². The number of aryl methyl sites for hydroxylation is 1. The molecule has 0 spiro atoms. The van der Waals surface area contributed by atoms with Gasteiger partial charge in [-0.1, -0.05) is 66.6 Å². The minimum absolute atomic E-state index is 0.0429. The number of aromatic carboxylic acids is 1. The molecule has 0 saturated carbocycles. The van der Waals surface area contributed by atoms with Crippen LogP contribution in [0.5, 0.6) is 5.75 Å². The second kappa shape index (κ2) is 10.00. The predicted molar refractivity (Wildman–Crippen MR) is 139 cm³/mol. The maximum absolute atomic E-state index is 12.4. The van der Waals surface area contributed by atoms with Crippen molar-refractivity contribution < 1.29 is 14.6 Å². The van der Waals surface area contributed by atoms with Crippen LogP contribution in [0.2, 0.25) is 10.0 Å². The van der Waals surface area contributed by atoms with E-state index in [2.05, 4.69) is 18.9 Å². The molecular weight excluding hydrogens is 513 g/mol. The van der Waals surface area contributed by atoms with Gasteiger partial charge in [-0.2, -0.15) is 9.78 Å². The van der Waals surface area contributed by atoms with Gasteiger partial charge in [0.2, 0.25) is 5.13 Å². The van der Waals surface area contributed by atoms with Gasteiger partial charge in [0, 0.05) is 16.4 Å². The lowest BCUT2D eigenvalue weighted by molar-refractivity contribution is 0.0688. The molecule has 0 radical (unpaired) electrons. The molecular formula is C24H21Cl2N3O3S2. The van der Waals surface area contributed by atoms with E-state index in [4.69, 9.17) is 32.9 Å². The minimum Gasteiger partial charge on any atom is -0.497 e. The van der Waals surface area contributed by atoms with Crippen molar-refractivity contribution in [2.24, 2.45) is 0 Å². The molecule has 0 aliphatic heterocycles. The molecule has 2 aromatic heterocycles. The van der Waals surface area contributed by atoms with Gasteiger partial charge in [0.15, 0.2) is 5.69 Å². The maximum atomic E-state index is 12.4. The van der Waals surface area contributed by atoms with E-state index in [1.54, 1.807) is 44.0 Å². The predicted octanol–water partition coefficient (Wildman–Crippen LogP) is 7.49. The number of thiazole rings is 1. The second-order valence-corrected chi connectivity index (χ2v) is 11.3. The van der Waals surface area contributed by atoms with Gasteiger partial charge < -0.3 is 9.84 Å². The lowest BCUT2D eigenvalue weighted by atomic mass is 10.0. The number of ether oxygens (including phenoxy) is 1. The van der Waals surface area contributed by atoms with Gasteiger partial charge in [-0.25, -0.2) is 9.78 Å². The first-order chi connectivity index (χ1) is 16.2. The van der Waals surface area contributed by atoms with Gasteiger partial charge in [-0.3, -0.25) is 0 Å². The first kappa shape index (κ1) is 24.6. The zero-order valence-corrected chi connectivity index (χ0v) is 21.9. The fraction of sp³-hybridized carbons (Fsp3) is 0.208. The monoisotopic (exact) mass is 533 g/mol. The summed E-state index contributed by atoms with van der Waals surface area (Å²) in [5.41, 5.74) is 3.36. The van der Waals surface area contributed by atoms with Crippen LogP contribution >= 0.6 is 46.3 Å². The summed E-state index contributed by atoms with van der Waals surface area (Å²) in [5, 5.41) is 16.4. The highest BCUT2D eigenvalue weighted by atomic mass is 35.5. The number of aromatic nitrogens is 3. The first-order valence-electron chi connectivity index (χ1n) is 10.3. The van der Waals surface area contributed by atoms with E-state index in [9.17, 15) is 9.90 Å². The number of hydrogen-bond acceptors (Lipinski definition) is 6. The number of nitrogens with zero attached hydrogens (tertiary/aromatic N) is 3. The molecule has 2 heterocycles. The quantitative estimate of drug-likeness (QED) is 0.248. The third kappa shape index (κ3) is 4.81. The van der Waals surface area contributed by atoms with Crippen LogP contribution in [0.25, 0.3) is 27.5 Å². The zero-order chi connectivity index (χ0) is 24.6. The Morgan fingerprint density at radius 3 is 2.56 bits per heavy atom. The van der Waals surface area contributed by atoms with E-state index in [1.807, 2.05) is 24.3 Å². The van der Waals surface area contributed by atoms with Gasteiger partial charge in [0.05, 0.1) is 32.8 Å². The highest BCUT2D eigenvalue weighted by Gasteiger charge is 2.27. The number of halogens is 2. The largest absolute Gasteiger partial charge is 0.497 e. The molecule has 2 aromatic carbocycles. The van der Waals surface area contributed by atoms with Gasteiger partial charge in [-0.05, 0) is 36.8 Å². The summed E-state index contributed by atoms with van der Waals surface area (Å²) in [6.45, 7) is 5.96. The van der Waals surface area contributed by atoms with Crippen LogP contribution in [0.1, 0.15) is 30.0 Å². The zero-order valence-electron chi connectivity index (χ0n) is 18.8. The number of carboxylic acids is 1. The first-order valence-corrected chi connectivity index (χ1v) is 12.8. The number of carbonyl (C=O) groups is 1. The molecule has 4 rings (SSSR count). The molecule has 10 heteroatoms. The van der Waals surface area contributed by atoms with Crippen molar-refractivity contribution in [3.05, 3.63) is 63.9 Å². The highest BCUT2D eigenvalue weighted by Crippen LogP contribution is 2.42. The van der Waals surface area contributed by atoms with E-state index in [1.165, 1.54) is 16.0 Å². The molecule has 0 aliphatic carbocycles. The third-order valence-corrected chi connectivity index (χ3v) is 7.91. The minimum atomic E-state index is -1.09. The Balaban J connectivity index is 1.91. The van der Waals surface area contributed by atoms with Crippen molar-refractivity contribution in [2.45, 2.75) is 30.2 Å². The summed E-state index contributed by atoms with van der Waals surface area (Å²) in [7, 11) is 1.57. The number of rotatable bonds is 7. The van der Waals surface area contributed by atoms with Crippen LogP contribution in [-0.4, -0.2) is 38.2 Å². The molecule has 6 nitrogen and oxygen atoms in total. The van der Waals surface area contributed by atoms with Gasteiger partial charge in [0.25, 0.3) is 0 Å². The average molecular weight is 534 g/mol. The maximum Gasteiger partial charge on any atom is 0.355 e. The molecule has 176 valence electrons. The number of carboxylic acid groups (broad SMARTS) is 1. The summed E-state index contributed by atoms with van der Waals surface area (Å²) in [4.78, 5) is 17.2. The fourth-order valence-corrected chi connectivity index (χ4v) is 6.27. The van der Waals surface area contributed by atoms with Crippen molar-refractivity contribution in [2.75, 3.05) is 7.11 Å². The lowest BCUT2D eigenvalue weighted by Crippen LogP contribution is -2.09. The van der Waals surface area contributed by atoms with E-state index in [0.29, 0.717) is 48.7 Å². The average Bonchev–Trinajstić information content (AvgIpc) is 3.36. The third-order valence-electron chi connectivity index (χ3n) is 4.92. The normalized spacial score (nSPS) is 11.3. The number of hydrogen-bond donors (Lipinski definition) is 1. The summed E-state index contributed by atoms with van der Waals surface area (Å²) < 4.78 is 7.67.